The first kappa shape index (κ1) is 15.6. The molecule has 0 aliphatic carbocycles. The molecule has 1 aromatic carbocycles. The highest BCUT2D eigenvalue weighted by Gasteiger charge is 2.07. The highest BCUT2D eigenvalue weighted by Crippen LogP contribution is 2.07. The number of rotatable bonds is 2. The van der Waals surface area contributed by atoms with Crippen LogP contribution in [0.4, 0.5) is 0 Å². The molecule has 1 nitrogen and oxygen atoms in total. The Kier molecular flexibility index (Phi) is 5.89. The molecule has 1 rings (SSSR count). The zero-order valence-electron chi connectivity index (χ0n) is 12.2. The van der Waals surface area contributed by atoms with Crippen molar-refractivity contribution in [3.05, 3.63) is 35.4 Å². The van der Waals surface area contributed by atoms with Crippen LogP contribution >= 0.6 is 0 Å². The first-order valence-electron chi connectivity index (χ1n) is 6.67. The summed E-state index contributed by atoms with van der Waals surface area (Å²) >= 11 is 0. The maximum absolute atomic E-state index is 9.19. The van der Waals surface area contributed by atoms with Gasteiger partial charge >= 0.3 is 0 Å². The summed E-state index contributed by atoms with van der Waals surface area (Å²) in [4.78, 5) is 0. The van der Waals surface area contributed by atoms with Crippen LogP contribution in [0.3, 0.4) is 0 Å². The molecule has 19 heavy (non-hydrogen) atoms. The van der Waals surface area contributed by atoms with Gasteiger partial charge in [0.15, 0.2) is 0 Å². The molecule has 0 aromatic heterocycles. The molecule has 0 heterocycles. The third-order valence-corrected chi connectivity index (χ3v) is 3.28. The van der Waals surface area contributed by atoms with Crippen molar-refractivity contribution >= 4 is 8.07 Å². The predicted molar refractivity (Wildman–Crippen MR) is 84.5 cm³/mol. The van der Waals surface area contributed by atoms with E-state index in [1.807, 2.05) is 24.3 Å². The molecule has 0 amide bonds. The lowest BCUT2D eigenvalue weighted by atomic mass is 10.1. The van der Waals surface area contributed by atoms with Crippen LogP contribution in [-0.2, 0) is 0 Å². The fourth-order valence-corrected chi connectivity index (χ4v) is 1.90. The van der Waals surface area contributed by atoms with Crippen molar-refractivity contribution in [1.29, 1.82) is 0 Å². The van der Waals surface area contributed by atoms with Crippen LogP contribution in [-0.4, -0.2) is 19.3 Å². The second-order valence-electron chi connectivity index (χ2n) is 5.74. The van der Waals surface area contributed by atoms with Gasteiger partial charge in [-0.2, -0.15) is 0 Å². The van der Waals surface area contributed by atoms with Gasteiger partial charge in [-0.1, -0.05) is 49.5 Å². The van der Waals surface area contributed by atoms with Crippen molar-refractivity contribution in [3.63, 3.8) is 0 Å². The highest BCUT2D eigenvalue weighted by atomic mass is 28.3. The molecule has 0 aliphatic heterocycles. The molecule has 0 spiro atoms. The molecular weight excluding hydrogens is 248 g/mol. The minimum absolute atomic E-state index is 0.281. The largest absolute Gasteiger partial charge is 0.393 e. The lowest BCUT2D eigenvalue weighted by Crippen LogP contribution is -2.16. The van der Waals surface area contributed by atoms with E-state index in [0.717, 1.165) is 17.5 Å². The summed E-state index contributed by atoms with van der Waals surface area (Å²) in [6, 6.07) is 8.00. The second kappa shape index (κ2) is 7.19. The summed E-state index contributed by atoms with van der Waals surface area (Å²) in [6.07, 6.45) is 1.15. The Labute approximate surface area is 118 Å². The number of aliphatic hydroxyl groups excluding tert-OH is 1. The van der Waals surface area contributed by atoms with E-state index in [-0.39, 0.29) is 6.10 Å². The topological polar surface area (TPSA) is 20.2 Å². The maximum atomic E-state index is 9.19. The van der Waals surface area contributed by atoms with Crippen molar-refractivity contribution in [2.75, 3.05) is 0 Å². The summed E-state index contributed by atoms with van der Waals surface area (Å²) < 4.78 is 0. The zero-order valence-corrected chi connectivity index (χ0v) is 13.2. The zero-order chi connectivity index (χ0) is 14.3. The molecule has 1 aromatic rings. The molecule has 1 unspecified atom stereocenters. The van der Waals surface area contributed by atoms with Crippen molar-refractivity contribution in [2.45, 2.75) is 45.5 Å². The van der Waals surface area contributed by atoms with Gasteiger partial charge < -0.3 is 5.11 Å². The van der Waals surface area contributed by atoms with Crippen LogP contribution in [0.15, 0.2) is 24.3 Å². The van der Waals surface area contributed by atoms with Crippen LogP contribution in [0.1, 0.15) is 30.9 Å². The molecule has 0 saturated carbocycles. The third-order valence-electron chi connectivity index (χ3n) is 2.41. The fraction of sp³-hybridized carbons (Fsp3) is 0.412. The smallest absolute Gasteiger partial charge is 0.129 e. The average molecular weight is 270 g/mol. The number of benzene rings is 1. The minimum Gasteiger partial charge on any atom is -0.393 e. The van der Waals surface area contributed by atoms with Crippen LogP contribution < -0.4 is 0 Å². The Balaban J connectivity index is 2.87. The van der Waals surface area contributed by atoms with Crippen LogP contribution in [0.25, 0.3) is 0 Å². The summed E-state index contributed by atoms with van der Waals surface area (Å²) in [5.74, 6) is 9.52. The lowest BCUT2D eigenvalue weighted by Gasteiger charge is -2.04. The normalized spacial score (nSPS) is 11.8. The van der Waals surface area contributed by atoms with Crippen molar-refractivity contribution < 1.29 is 5.11 Å². The van der Waals surface area contributed by atoms with Crippen LogP contribution in [0.5, 0.6) is 0 Å². The number of hydrogen-bond acceptors (Lipinski definition) is 1. The van der Waals surface area contributed by atoms with Gasteiger partial charge in [0, 0.05) is 17.5 Å². The molecular formula is C17H22OSi. The molecule has 1 atom stereocenters. The predicted octanol–water partition coefficient (Wildman–Crippen LogP) is 3.43. The summed E-state index contributed by atoms with van der Waals surface area (Å²) in [7, 11) is -1.36. The number of aliphatic hydroxyl groups is 1. The van der Waals surface area contributed by atoms with E-state index in [1.54, 1.807) is 6.92 Å². The van der Waals surface area contributed by atoms with Crippen LogP contribution in [0.2, 0.25) is 19.6 Å². The van der Waals surface area contributed by atoms with E-state index in [1.165, 1.54) is 0 Å². The first-order chi connectivity index (χ1) is 8.88. The van der Waals surface area contributed by atoms with E-state index >= 15 is 0 Å². The summed E-state index contributed by atoms with van der Waals surface area (Å²) in [6.45, 7) is 8.49. The lowest BCUT2D eigenvalue weighted by molar-refractivity contribution is 0.186. The van der Waals surface area contributed by atoms with E-state index in [2.05, 4.69) is 42.9 Å². The second-order valence-corrected chi connectivity index (χ2v) is 10.5. The monoisotopic (exact) mass is 270 g/mol. The Bertz CT molecular complexity index is 530. The molecule has 0 aliphatic rings. The van der Waals surface area contributed by atoms with Gasteiger partial charge in [-0.05, 0) is 25.5 Å². The Morgan fingerprint density at radius 2 is 1.68 bits per heavy atom. The minimum atomic E-state index is -1.36. The fourth-order valence-electron chi connectivity index (χ4n) is 1.39. The molecule has 1 N–H and O–H groups in total. The molecule has 0 saturated heterocycles. The van der Waals surface area contributed by atoms with Gasteiger partial charge in [0.05, 0.1) is 6.10 Å². The molecule has 0 bridgehead atoms. The van der Waals surface area contributed by atoms with Gasteiger partial charge in [0.2, 0.25) is 0 Å². The number of hydrogen-bond donors (Lipinski definition) is 1. The molecule has 0 radical (unpaired) electrons. The van der Waals surface area contributed by atoms with E-state index in [4.69, 9.17) is 0 Å². The SMILES string of the molecule is CC(O)CCC#Cc1ccccc1C#C[Si](C)(C)C. The average Bonchev–Trinajstić information content (AvgIpc) is 2.32. The van der Waals surface area contributed by atoms with Gasteiger partial charge in [-0.15, -0.1) is 5.54 Å². The Morgan fingerprint density at radius 3 is 2.21 bits per heavy atom. The van der Waals surface area contributed by atoms with E-state index in [9.17, 15) is 5.11 Å². The Morgan fingerprint density at radius 1 is 1.11 bits per heavy atom. The Hall–Kier alpha value is -1.48. The quantitative estimate of drug-likeness (QED) is 0.645. The van der Waals surface area contributed by atoms with Gasteiger partial charge in [-0.25, -0.2) is 0 Å². The molecule has 0 fully saturated rings. The van der Waals surface area contributed by atoms with E-state index < -0.39 is 8.07 Å². The summed E-state index contributed by atoms with van der Waals surface area (Å²) in [5, 5.41) is 9.19. The highest BCUT2D eigenvalue weighted by molar-refractivity contribution is 6.83. The van der Waals surface area contributed by atoms with Gasteiger partial charge in [-0.3, -0.25) is 0 Å². The maximum Gasteiger partial charge on any atom is 0.129 e. The molecule has 100 valence electrons. The standard InChI is InChI=1S/C17H22OSi/c1-15(18)9-5-6-10-16-11-7-8-12-17(16)13-14-19(2,3)4/h7-8,11-12,15,18H,5,9H2,1-4H3. The third kappa shape index (κ3) is 6.87. The molecule has 2 heteroatoms. The summed E-state index contributed by atoms with van der Waals surface area (Å²) in [5.41, 5.74) is 5.36. The van der Waals surface area contributed by atoms with Gasteiger partial charge in [0.1, 0.15) is 8.07 Å². The van der Waals surface area contributed by atoms with Gasteiger partial charge in [0.25, 0.3) is 0 Å². The first-order valence-corrected chi connectivity index (χ1v) is 10.2. The van der Waals surface area contributed by atoms with Crippen LogP contribution in [0, 0.1) is 23.3 Å². The van der Waals surface area contributed by atoms with E-state index in [0.29, 0.717) is 6.42 Å². The van der Waals surface area contributed by atoms with Crippen molar-refractivity contribution in [2.24, 2.45) is 0 Å². The van der Waals surface area contributed by atoms with Crippen molar-refractivity contribution in [3.8, 4) is 23.3 Å². The van der Waals surface area contributed by atoms with Crippen molar-refractivity contribution in [1.82, 2.24) is 0 Å².